The molecular formula is C32H47N5O6. The Morgan fingerprint density at radius 2 is 1.51 bits per heavy atom. The fourth-order valence-electron chi connectivity index (χ4n) is 4.19. The van der Waals surface area contributed by atoms with Crippen LogP contribution in [-0.4, -0.2) is 70.8 Å². The van der Waals surface area contributed by atoms with E-state index in [2.05, 4.69) is 16.0 Å². The third-order valence-electron chi connectivity index (χ3n) is 6.47. The average molecular weight is 598 g/mol. The minimum absolute atomic E-state index is 0.0320. The van der Waals surface area contributed by atoms with E-state index in [1.165, 1.54) is 0 Å². The second kappa shape index (κ2) is 17.1. The van der Waals surface area contributed by atoms with Gasteiger partial charge in [-0.25, -0.2) is 9.59 Å². The van der Waals surface area contributed by atoms with E-state index >= 15 is 0 Å². The molecule has 2 aromatic carbocycles. The number of amides is 5. The molecule has 0 saturated heterocycles. The van der Waals surface area contributed by atoms with E-state index in [4.69, 9.17) is 10.5 Å². The molecule has 11 nitrogen and oxygen atoms in total. The van der Waals surface area contributed by atoms with E-state index in [1.54, 1.807) is 29.2 Å². The zero-order valence-corrected chi connectivity index (χ0v) is 25.8. The predicted octanol–water partition coefficient (Wildman–Crippen LogP) is 3.10. The molecular weight excluding hydrogens is 550 g/mol. The van der Waals surface area contributed by atoms with Gasteiger partial charge < -0.3 is 36.4 Å². The van der Waals surface area contributed by atoms with Crippen LogP contribution in [0.2, 0.25) is 0 Å². The summed E-state index contributed by atoms with van der Waals surface area (Å²) in [5.41, 5.74) is 6.48. The molecule has 2 aromatic rings. The molecule has 2 unspecified atom stereocenters. The number of nitrogens with one attached hydrogen (secondary N) is 3. The molecule has 6 N–H and O–H groups in total. The fraction of sp³-hybridized carbons (Fsp3) is 0.500. The highest BCUT2D eigenvalue weighted by atomic mass is 16.5. The summed E-state index contributed by atoms with van der Waals surface area (Å²) in [5, 5.41) is 19.6. The van der Waals surface area contributed by atoms with Gasteiger partial charge in [0.2, 0.25) is 11.8 Å². The Balaban J connectivity index is 2.22. The summed E-state index contributed by atoms with van der Waals surface area (Å²) in [6, 6.07) is 15.7. The first-order chi connectivity index (χ1) is 20.2. The van der Waals surface area contributed by atoms with E-state index in [0.717, 1.165) is 17.5 Å². The highest BCUT2D eigenvalue weighted by Crippen LogP contribution is 2.12. The Morgan fingerprint density at radius 3 is 2.05 bits per heavy atom. The molecule has 0 bridgehead atoms. The van der Waals surface area contributed by atoms with E-state index in [0.29, 0.717) is 12.5 Å². The number of carbonyl (C=O) groups excluding carboxylic acids is 4. The largest absolute Gasteiger partial charge is 0.445 e. The van der Waals surface area contributed by atoms with Crippen LogP contribution in [0.4, 0.5) is 9.59 Å². The number of hydrogen-bond acceptors (Lipinski definition) is 6. The van der Waals surface area contributed by atoms with Crippen molar-refractivity contribution in [3.8, 4) is 0 Å². The summed E-state index contributed by atoms with van der Waals surface area (Å²) in [6.07, 6.45) is -1.61. The highest BCUT2D eigenvalue weighted by Gasteiger charge is 2.31. The zero-order valence-electron chi connectivity index (χ0n) is 25.8. The molecule has 0 aromatic heterocycles. The normalized spacial score (nSPS) is 13.4. The monoisotopic (exact) mass is 597 g/mol. The molecule has 43 heavy (non-hydrogen) atoms. The third kappa shape index (κ3) is 14.1. The predicted molar refractivity (Wildman–Crippen MR) is 165 cm³/mol. The van der Waals surface area contributed by atoms with Gasteiger partial charge in [0.05, 0.1) is 25.1 Å². The van der Waals surface area contributed by atoms with Gasteiger partial charge in [-0.15, -0.1) is 0 Å². The van der Waals surface area contributed by atoms with Crippen LogP contribution in [0.5, 0.6) is 0 Å². The minimum atomic E-state index is -1.34. The van der Waals surface area contributed by atoms with Gasteiger partial charge in [0.15, 0.2) is 0 Å². The molecule has 0 aliphatic heterocycles. The summed E-state index contributed by atoms with van der Waals surface area (Å²) in [5.74, 6) is -1.20. The van der Waals surface area contributed by atoms with Crippen molar-refractivity contribution in [3.05, 3.63) is 71.8 Å². The van der Waals surface area contributed by atoms with Crippen molar-refractivity contribution in [1.29, 1.82) is 0 Å². The van der Waals surface area contributed by atoms with Crippen molar-refractivity contribution >= 4 is 23.9 Å². The number of primary amides is 1. The molecule has 3 atom stereocenters. The van der Waals surface area contributed by atoms with Crippen LogP contribution in [0.25, 0.3) is 0 Å². The van der Waals surface area contributed by atoms with Crippen molar-refractivity contribution in [2.75, 3.05) is 13.1 Å². The van der Waals surface area contributed by atoms with Crippen LogP contribution < -0.4 is 21.7 Å². The number of alkyl carbamates (subject to hydrolysis) is 1. The Hall–Kier alpha value is -4.12. The number of aliphatic hydroxyl groups excluding tert-OH is 1. The molecule has 0 aliphatic carbocycles. The van der Waals surface area contributed by atoms with Crippen molar-refractivity contribution in [1.82, 2.24) is 20.9 Å². The fourth-order valence-corrected chi connectivity index (χ4v) is 4.19. The SMILES string of the molecule is CC(C)CCN(CC(O)[C@H](Cc1ccccc1)NC(=O)C(CC(N)=O)NC(=O)OCc1ccccc1)C(=O)NC(C)(C)C. The number of urea groups is 1. The van der Waals surface area contributed by atoms with Crippen LogP contribution in [0.1, 0.15) is 58.6 Å². The van der Waals surface area contributed by atoms with Crippen molar-refractivity contribution in [2.24, 2.45) is 11.7 Å². The standard InChI is InChI=1S/C32H47N5O6/c1-22(2)16-17-37(30(41)36-32(3,4)5)20-27(38)25(18-23-12-8-6-9-13-23)34-29(40)26(19-28(33)39)35-31(42)43-21-24-14-10-7-11-15-24/h6-15,22,25-27,38H,16-21H2,1-5H3,(H2,33,39)(H,34,40)(H,35,42)(H,36,41)/t25-,26?,27?/m0/s1. The molecule has 236 valence electrons. The molecule has 5 amide bonds. The Kier molecular flexibility index (Phi) is 14.0. The first kappa shape index (κ1) is 35.1. The van der Waals surface area contributed by atoms with Gasteiger partial charge in [-0.05, 0) is 50.7 Å². The number of benzene rings is 2. The highest BCUT2D eigenvalue weighted by molar-refractivity contribution is 5.90. The van der Waals surface area contributed by atoms with Crippen LogP contribution in [-0.2, 0) is 27.4 Å². The Labute approximate surface area is 254 Å². The van der Waals surface area contributed by atoms with Gasteiger partial charge in [-0.1, -0.05) is 74.5 Å². The molecule has 0 saturated carbocycles. The summed E-state index contributed by atoms with van der Waals surface area (Å²) < 4.78 is 5.22. The zero-order chi connectivity index (χ0) is 32.0. The van der Waals surface area contributed by atoms with Gasteiger partial charge in [0.25, 0.3) is 0 Å². The molecule has 0 spiro atoms. The lowest BCUT2D eigenvalue weighted by atomic mass is 9.99. The summed E-state index contributed by atoms with van der Waals surface area (Å²) in [6.45, 7) is 10.0. The number of carbonyl (C=O) groups is 4. The molecule has 0 fully saturated rings. The lowest BCUT2D eigenvalue weighted by Gasteiger charge is -2.33. The Morgan fingerprint density at radius 1 is 0.930 bits per heavy atom. The number of aliphatic hydroxyl groups is 1. The smallest absolute Gasteiger partial charge is 0.408 e. The van der Waals surface area contributed by atoms with Gasteiger partial charge in [-0.3, -0.25) is 9.59 Å². The summed E-state index contributed by atoms with van der Waals surface area (Å²) in [4.78, 5) is 52.4. The lowest BCUT2D eigenvalue weighted by Crippen LogP contribution is -2.57. The van der Waals surface area contributed by atoms with Crippen molar-refractivity contribution in [2.45, 2.75) is 84.2 Å². The quantitative estimate of drug-likeness (QED) is 0.212. The molecule has 0 heterocycles. The van der Waals surface area contributed by atoms with Crippen LogP contribution in [0.15, 0.2) is 60.7 Å². The van der Waals surface area contributed by atoms with E-state index < -0.39 is 48.1 Å². The number of rotatable bonds is 15. The first-order valence-electron chi connectivity index (χ1n) is 14.6. The second-order valence-corrected chi connectivity index (χ2v) is 12.1. The maximum Gasteiger partial charge on any atom is 0.408 e. The average Bonchev–Trinajstić information content (AvgIpc) is 2.93. The molecule has 2 rings (SSSR count). The molecule has 0 radical (unpaired) electrons. The lowest BCUT2D eigenvalue weighted by molar-refractivity contribution is -0.128. The second-order valence-electron chi connectivity index (χ2n) is 12.1. The maximum absolute atomic E-state index is 13.4. The van der Waals surface area contributed by atoms with Crippen LogP contribution >= 0.6 is 0 Å². The van der Waals surface area contributed by atoms with Gasteiger partial charge in [-0.2, -0.15) is 0 Å². The third-order valence-corrected chi connectivity index (χ3v) is 6.47. The maximum atomic E-state index is 13.4. The number of ether oxygens (including phenoxy) is 1. The van der Waals surface area contributed by atoms with Crippen molar-refractivity contribution in [3.63, 3.8) is 0 Å². The van der Waals surface area contributed by atoms with E-state index in [1.807, 2.05) is 71.0 Å². The first-order valence-corrected chi connectivity index (χ1v) is 14.6. The van der Waals surface area contributed by atoms with Crippen molar-refractivity contribution < 1.29 is 29.0 Å². The summed E-state index contributed by atoms with van der Waals surface area (Å²) >= 11 is 0. The summed E-state index contributed by atoms with van der Waals surface area (Å²) in [7, 11) is 0. The van der Waals surface area contributed by atoms with Crippen LogP contribution in [0.3, 0.4) is 0 Å². The number of hydrogen-bond donors (Lipinski definition) is 5. The molecule has 0 aliphatic rings. The van der Waals surface area contributed by atoms with Gasteiger partial charge in [0.1, 0.15) is 12.6 Å². The van der Waals surface area contributed by atoms with Crippen LogP contribution in [0, 0.1) is 5.92 Å². The number of nitrogens with two attached hydrogens (primary N) is 1. The van der Waals surface area contributed by atoms with Gasteiger partial charge in [0, 0.05) is 12.1 Å². The van der Waals surface area contributed by atoms with E-state index in [9.17, 15) is 24.3 Å². The Bertz CT molecular complexity index is 1170. The molecule has 11 heteroatoms. The minimum Gasteiger partial charge on any atom is -0.445 e. The van der Waals surface area contributed by atoms with E-state index in [-0.39, 0.29) is 25.6 Å². The number of nitrogens with zero attached hydrogens (tertiary/aromatic N) is 1. The van der Waals surface area contributed by atoms with Gasteiger partial charge >= 0.3 is 12.1 Å². The topological polar surface area (TPSA) is 163 Å².